The molecule has 3 heterocycles. The van der Waals surface area contributed by atoms with Crippen LogP contribution >= 0.6 is 12.0 Å². The van der Waals surface area contributed by atoms with Crippen LogP contribution in [0, 0.1) is 0 Å². The summed E-state index contributed by atoms with van der Waals surface area (Å²) in [6, 6.07) is 11.6. The second-order valence-electron chi connectivity index (χ2n) is 5.47. The molecule has 4 aromatic rings. The van der Waals surface area contributed by atoms with E-state index in [1.165, 1.54) is 0 Å². The molecule has 0 fully saturated rings. The number of ether oxygens (including phenoxy) is 1. The molecular formula is C18H16N4O3S. The average molecular weight is 368 g/mol. The maximum atomic E-state index is 5.51. The summed E-state index contributed by atoms with van der Waals surface area (Å²) in [5.74, 6) is 1.47. The minimum atomic E-state index is 0.503. The molecule has 26 heavy (non-hydrogen) atoms. The molecule has 8 heteroatoms. The van der Waals surface area contributed by atoms with Crippen LogP contribution in [0.3, 0.4) is 0 Å². The fraction of sp³-hybridized carbons (Fsp3) is 0.167. The monoisotopic (exact) mass is 368 g/mol. The maximum Gasteiger partial charge on any atom is 0.217 e. The summed E-state index contributed by atoms with van der Waals surface area (Å²) in [5, 5.41) is 0.503. The summed E-state index contributed by atoms with van der Waals surface area (Å²) >= 11 is 1.10. The Bertz CT molecular complexity index is 1010. The van der Waals surface area contributed by atoms with E-state index in [0.717, 1.165) is 29.0 Å². The molecule has 0 radical (unpaired) electrons. The van der Waals surface area contributed by atoms with Crippen LogP contribution in [0.15, 0.2) is 58.6 Å². The summed E-state index contributed by atoms with van der Waals surface area (Å²) in [6.45, 7) is 0.631. The third-order valence-electron chi connectivity index (χ3n) is 3.87. The third-order valence-corrected chi connectivity index (χ3v) is 4.37. The number of methoxy groups -OCH3 is 1. The summed E-state index contributed by atoms with van der Waals surface area (Å²) in [4.78, 5) is 13.6. The molecule has 0 saturated carbocycles. The van der Waals surface area contributed by atoms with Gasteiger partial charge in [-0.05, 0) is 29.8 Å². The number of hydrogen-bond donors (Lipinski definition) is 0. The van der Waals surface area contributed by atoms with E-state index in [2.05, 4.69) is 15.0 Å². The Hall–Kier alpha value is -2.84. The summed E-state index contributed by atoms with van der Waals surface area (Å²) in [7, 11) is 3.24. The molecule has 0 amide bonds. The van der Waals surface area contributed by atoms with E-state index in [1.54, 1.807) is 26.8 Å². The smallest absolute Gasteiger partial charge is 0.217 e. The van der Waals surface area contributed by atoms with Gasteiger partial charge in [-0.2, -0.15) is 0 Å². The molecule has 0 atom stereocenters. The highest BCUT2D eigenvalue weighted by Crippen LogP contribution is 2.28. The number of aromatic nitrogens is 4. The van der Waals surface area contributed by atoms with Crippen LogP contribution in [-0.2, 0) is 10.7 Å². The van der Waals surface area contributed by atoms with E-state index in [0.29, 0.717) is 28.7 Å². The summed E-state index contributed by atoms with van der Waals surface area (Å²) in [5.41, 5.74) is 3.17. The molecule has 3 aromatic heterocycles. The van der Waals surface area contributed by atoms with E-state index in [9.17, 15) is 0 Å². The highest BCUT2D eigenvalue weighted by molar-refractivity contribution is 7.94. The second kappa shape index (κ2) is 7.19. The molecule has 0 bridgehead atoms. The van der Waals surface area contributed by atoms with Crippen molar-refractivity contribution in [3.63, 3.8) is 0 Å². The Morgan fingerprint density at radius 3 is 2.65 bits per heavy atom. The lowest BCUT2D eigenvalue weighted by atomic mass is 10.2. The zero-order valence-electron chi connectivity index (χ0n) is 14.2. The van der Waals surface area contributed by atoms with Crippen molar-refractivity contribution in [1.29, 1.82) is 0 Å². The highest BCUT2D eigenvalue weighted by Gasteiger charge is 2.17. The van der Waals surface area contributed by atoms with E-state index in [-0.39, 0.29) is 0 Å². The van der Waals surface area contributed by atoms with Gasteiger partial charge in [0.15, 0.2) is 11.4 Å². The molecule has 7 nitrogen and oxygen atoms in total. The molecule has 132 valence electrons. The molecule has 0 aliphatic rings. The fourth-order valence-electron chi connectivity index (χ4n) is 2.66. The van der Waals surface area contributed by atoms with Gasteiger partial charge >= 0.3 is 0 Å². The van der Waals surface area contributed by atoms with E-state index in [4.69, 9.17) is 13.3 Å². The normalized spacial score (nSPS) is 11.2. The van der Waals surface area contributed by atoms with Crippen LogP contribution in [-0.4, -0.2) is 33.7 Å². The molecule has 0 unspecified atom stereocenters. The van der Waals surface area contributed by atoms with Crippen molar-refractivity contribution in [2.75, 3.05) is 14.2 Å². The number of imidazole rings is 1. The van der Waals surface area contributed by atoms with Gasteiger partial charge in [-0.25, -0.2) is 15.0 Å². The Kier molecular flexibility index (Phi) is 4.59. The highest BCUT2D eigenvalue weighted by atomic mass is 32.2. The number of benzene rings is 1. The summed E-state index contributed by atoms with van der Waals surface area (Å²) in [6.07, 6.45) is 3.37. The Morgan fingerprint density at radius 2 is 1.96 bits per heavy atom. The number of hydrogen-bond acceptors (Lipinski definition) is 7. The van der Waals surface area contributed by atoms with Crippen LogP contribution in [0.2, 0.25) is 0 Å². The molecule has 0 aliphatic heterocycles. The van der Waals surface area contributed by atoms with E-state index >= 15 is 0 Å². The van der Waals surface area contributed by atoms with Crippen molar-refractivity contribution >= 4 is 23.2 Å². The van der Waals surface area contributed by atoms with Gasteiger partial charge in [-0.15, -0.1) is 0 Å². The first-order chi connectivity index (χ1) is 12.8. The SMILES string of the molecule is COSc1nc(-c2ccco2)c2ncn(Cc3ccc(OC)cc3)c2n1. The molecule has 0 aliphatic carbocycles. The first-order valence-corrected chi connectivity index (χ1v) is 8.63. The van der Waals surface area contributed by atoms with Crippen LogP contribution < -0.4 is 4.74 Å². The van der Waals surface area contributed by atoms with Gasteiger partial charge in [0.1, 0.15) is 17.0 Å². The fourth-order valence-corrected chi connectivity index (χ4v) is 3.07. The maximum absolute atomic E-state index is 5.51. The van der Waals surface area contributed by atoms with Gasteiger partial charge < -0.3 is 17.9 Å². The lowest BCUT2D eigenvalue weighted by molar-refractivity contribution is 0.414. The van der Waals surface area contributed by atoms with Crippen molar-refractivity contribution < 1.29 is 13.3 Å². The molecule has 4 rings (SSSR count). The average Bonchev–Trinajstić information content (AvgIpc) is 3.33. The molecule has 0 spiro atoms. The number of nitrogens with zero attached hydrogens (tertiary/aromatic N) is 4. The minimum Gasteiger partial charge on any atom is -0.497 e. The molecule has 0 saturated heterocycles. The zero-order chi connectivity index (χ0) is 17.9. The van der Waals surface area contributed by atoms with Crippen LogP contribution in [0.5, 0.6) is 5.75 Å². The van der Waals surface area contributed by atoms with Crippen LogP contribution in [0.4, 0.5) is 0 Å². The summed E-state index contributed by atoms with van der Waals surface area (Å²) < 4.78 is 17.8. The van der Waals surface area contributed by atoms with Crippen LogP contribution in [0.1, 0.15) is 5.56 Å². The standard InChI is InChI=1S/C18H16N4O3S/c1-23-13-7-5-12(6-8-13)10-22-11-19-16-15(14-4-3-9-25-14)20-18(26-24-2)21-17(16)22/h3-9,11H,10H2,1-2H3. The Morgan fingerprint density at radius 1 is 1.12 bits per heavy atom. The third kappa shape index (κ3) is 3.16. The van der Waals surface area contributed by atoms with Gasteiger partial charge in [0.05, 0.1) is 45.4 Å². The van der Waals surface area contributed by atoms with Crippen molar-refractivity contribution in [3.8, 4) is 17.2 Å². The predicted molar refractivity (Wildman–Crippen MR) is 98.0 cm³/mol. The zero-order valence-corrected chi connectivity index (χ0v) is 15.1. The van der Waals surface area contributed by atoms with Crippen molar-refractivity contribution in [3.05, 3.63) is 54.6 Å². The molecule has 1 aromatic carbocycles. The van der Waals surface area contributed by atoms with Crippen molar-refractivity contribution in [1.82, 2.24) is 19.5 Å². The van der Waals surface area contributed by atoms with Gasteiger partial charge in [0.25, 0.3) is 0 Å². The van der Waals surface area contributed by atoms with E-state index in [1.807, 2.05) is 41.0 Å². The minimum absolute atomic E-state index is 0.503. The van der Waals surface area contributed by atoms with Crippen LogP contribution in [0.25, 0.3) is 22.6 Å². The lowest BCUT2D eigenvalue weighted by Gasteiger charge is -2.07. The second-order valence-corrected chi connectivity index (χ2v) is 6.34. The topological polar surface area (TPSA) is 75.2 Å². The van der Waals surface area contributed by atoms with Crippen molar-refractivity contribution in [2.24, 2.45) is 0 Å². The number of fused-ring (bicyclic) bond motifs is 1. The van der Waals surface area contributed by atoms with Gasteiger partial charge in [-0.1, -0.05) is 12.1 Å². The number of rotatable bonds is 6. The Balaban J connectivity index is 1.78. The van der Waals surface area contributed by atoms with Crippen molar-refractivity contribution in [2.45, 2.75) is 11.7 Å². The lowest BCUT2D eigenvalue weighted by Crippen LogP contribution is -2.01. The van der Waals surface area contributed by atoms with Gasteiger partial charge in [0.2, 0.25) is 5.16 Å². The molecule has 0 N–H and O–H groups in total. The van der Waals surface area contributed by atoms with E-state index < -0.39 is 0 Å². The predicted octanol–water partition coefficient (Wildman–Crippen LogP) is 3.80. The van der Waals surface area contributed by atoms with Gasteiger partial charge in [0, 0.05) is 0 Å². The first kappa shape index (κ1) is 16.6. The first-order valence-electron chi connectivity index (χ1n) is 7.89. The quantitative estimate of drug-likeness (QED) is 0.378. The Labute approximate surface area is 154 Å². The number of furan rings is 1. The molecular weight excluding hydrogens is 352 g/mol. The van der Waals surface area contributed by atoms with Gasteiger partial charge in [-0.3, -0.25) is 0 Å². The largest absolute Gasteiger partial charge is 0.497 e.